The van der Waals surface area contributed by atoms with Crippen molar-refractivity contribution in [2.45, 2.75) is 50.6 Å². The Bertz CT molecular complexity index is 214. The lowest BCUT2D eigenvalue weighted by Crippen LogP contribution is -2.47. The van der Waals surface area contributed by atoms with Crippen molar-refractivity contribution >= 4 is 0 Å². The average Bonchev–Trinajstić information content (AvgIpc) is 2.79. The highest BCUT2D eigenvalue weighted by Crippen LogP contribution is 2.37. The van der Waals surface area contributed by atoms with Crippen LogP contribution in [0, 0.1) is 17.2 Å². The maximum absolute atomic E-state index is 9.15. The number of rotatable bonds is 2. The fraction of sp³-hybridized carbons (Fsp3) is 0.900. The van der Waals surface area contributed by atoms with Crippen LogP contribution in [-0.2, 0) is 0 Å². The lowest BCUT2D eigenvalue weighted by Gasteiger charge is -2.27. The molecule has 0 bridgehead atoms. The molecule has 2 unspecified atom stereocenters. The van der Waals surface area contributed by atoms with Crippen LogP contribution in [0.3, 0.4) is 0 Å². The summed E-state index contributed by atoms with van der Waals surface area (Å²) in [7, 11) is 0. The second-order valence-corrected chi connectivity index (χ2v) is 4.30. The van der Waals surface area contributed by atoms with E-state index >= 15 is 0 Å². The molecule has 12 heavy (non-hydrogen) atoms. The van der Waals surface area contributed by atoms with Crippen molar-refractivity contribution in [1.82, 2.24) is 5.32 Å². The topological polar surface area (TPSA) is 35.8 Å². The van der Waals surface area contributed by atoms with Crippen molar-refractivity contribution in [1.29, 1.82) is 5.26 Å². The summed E-state index contributed by atoms with van der Waals surface area (Å²) in [4.78, 5) is 0. The molecule has 2 nitrogen and oxygen atoms in total. The molecule has 1 N–H and O–H groups in total. The van der Waals surface area contributed by atoms with Gasteiger partial charge in [-0.05, 0) is 31.6 Å². The molecule has 0 spiro atoms. The molecule has 0 radical (unpaired) electrons. The van der Waals surface area contributed by atoms with Gasteiger partial charge in [-0.2, -0.15) is 5.26 Å². The summed E-state index contributed by atoms with van der Waals surface area (Å²) in [6.07, 6.45) is 6.04. The van der Waals surface area contributed by atoms with Gasteiger partial charge in [0.1, 0.15) is 5.54 Å². The van der Waals surface area contributed by atoms with Crippen LogP contribution in [0.4, 0.5) is 0 Å². The summed E-state index contributed by atoms with van der Waals surface area (Å²) in [6, 6.07) is 3.14. The summed E-state index contributed by atoms with van der Waals surface area (Å²) in [5, 5.41) is 12.7. The molecule has 2 saturated carbocycles. The van der Waals surface area contributed by atoms with Crippen molar-refractivity contribution in [3.05, 3.63) is 0 Å². The second-order valence-electron chi connectivity index (χ2n) is 4.30. The van der Waals surface area contributed by atoms with E-state index in [0.717, 1.165) is 6.42 Å². The highest BCUT2D eigenvalue weighted by atomic mass is 15.0. The van der Waals surface area contributed by atoms with Crippen LogP contribution in [0.2, 0.25) is 0 Å². The smallest absolute Gasteiger partial charge is 0.109 e. The molecular weight excluding hydrogens is 148 g/mol. The molecule has 0 saturated heterocycles. The third-order valence-electron chi connectivity index (χ3n) is 3.29. The molecule has 2 atom stereocenters. The van der Waals surface area contributed by atoms with Crippen molar-refractivity contribution in [3.63, 3.8) is 0 Å². The quantitative estimate of drug-likeness (QED) is 0.675. The summed E-state index contributed by atoms with van der Waals surface area (Å²) >= 11 is 0. The molecule has 0 heterocycles. The average molecular weight is 164 g/mol. The van der Waals surface area contributed by atoms with Crippen molar-refractivity contribution in [2.24, 2.45) is 5.92 Å². The van der Waals surface area contributed by atoms with Gasteiger partial charge in [0.05, 0.1) is 6.07 Å². The Morgan fingerprint density at radius 1 is 1.42 bits per heavy atom. The molecule has 0 amide bonds. The minimum atomic E-state index is -0.166. The van der Waals surface area contributed by atoms with Gasteiger partial charge in [0.25, 0.3) is 0 Å². The van der Waals surface area contributed by atoms with Gasteiger partial charge in [0.15, 0.2) is 0 Å². The first-order valence-corrected chi connectivity index (χ1v) is 4.96. The third-order valence-corrected chi connectivity index (χ3v) is 3.29. The van der Waals surface area contributed by atoms with Gasteiger partial charge in [0.2, 0.25) is 0 Å². The maximum atomic E-state index is 9.15. The Morgan fingerprint density at radius 3 is 2.58 bits per heavy atom. The van der Waals surface area contributed by atoms with Crippen LogP contribution >= 0.6 is 0 Å². The van der Waals surface area contributed by atoms with E-state index in [1.807, 2.05) is 0 Å². The van der Waals surface area contributed by atoms with E-state index in [1.54, 1.807) is 0 Å². The van der Waals surface area contributed by atoms with E-state index in [1.165, 1.54) is 25.7 Å². The van der Waals surface area contributed by atoms with Crippen molar-refractivity contribution in [3.8, 4) is 6.07 Å². The predicted molar refractivity (Wildman–Crippen MR) is 47.5 cm³/mol. The van der Waals surface area contributed by atoms with Crippen molar-refractivity contribution in [2.75, 3.05) is 0 Å². The normalized spacial score (nSPS) is 41.2. The zero-order valence-corrected chi connectivity index (χ0v) is 7.64. The molecular formula is C10H16N2. The third kappa shape index (κ3) is 1.23. The van der Waals surface area contributed by atoms with Gasteiger partial charge in [-0.3, -0.25) is 5.32 Å². The van der Waals surface area contributed by atoms with Gasteiger partial charge in [0, 0.05) is 6.04 Å². The zero-order valence-electron chi connectivity index (χ0n) is 7.64. The number of nitrogens with one attached hydrogen (secondary N) is 1. The molecule has 2 aliphatic rings. The molecule has 2 aliphatic carbocycles. The Morgan fingerprint density at radius 2 is 2.17 bits per heavy atom. The molecule has 66 valence electrons. The minimum Gasteiger partial charge on any atom is -0.296 e. The van der Waals surface area contributed by atoms with Gasteiger partial charge < -0.3 is 0 Å². The number of hydrogen-bond acceptors (Lipinski definition) is 2. The van der Waals surface area contributed by atoms with Gasteiger partial charge in [-0.1, -0.05) is 13.3 Å². The van der Waals surface area contributed by atoms with E-state index in [9.17, 15) is 0 Å². The van der Waals surface area contributed by atoms with Gasteiger partial charge in [-0.15, -0.1) is 0 Å². The fourth-order valence-electron chi connectivity index (χ4n) is 2.18. The van der Waals surface area contributed by atoms with Crippen molar-refractivity contribution < 1.29 is 0 Å². The predicted octanol–water partition coefficient (Wildman–Crippen LogP) is 1.82. The van der Waals surface area contributed by atoms with Gasteiger partial charge >= 0.3 is 0 Å². The highest BCUT2D eigenvalue weighted by Gasteiger charge is 2.43. The first-order chi connectivity index (χ1) is 5.77. The highest BCUT2D eigenvalue weighted by molar-refractivity contribution is 5.15. The standard InChI is InChI=1S/C10H16N2/c1-8-3-2-6-10(8,7-11)12-9-4-5-9/h8-9,12H,2-6H2,1H3. The summed E-state index contributed by atoms with van der Waals surface area (Å²) in [5.41, 5.74) is -0.166. The largest absolute Gasteiger partial charge is 0.296 e. The molecule has 0 aromatic heterocycles. The second kappa shape index (κ2) is 2.74. The number of nitrogens with zero attached hydrogens (tertiary/aromatic N) is 1. The fourth-order valence-corrected chi connectivity index (χ4v) is 2.18. The molecule has 0 aliphatic heterocycles. The SMILES string of the molecule is CC1CCCC1(C#N)NC1CC1. The van der Waals surface area contributed by atoms with E-state index < -0.39 is 0 Å². The molecule has 2 rings (SSSR count). The summed E-state index contributed by atoms with van der Waals surface area (Å²) in [6.45, 7) is 2.20. The first-order valence-electron chi connectivity index (χ1n) is 4.96. The lowest BCUT2D eigenvalue weighted by molar-refractivity contribution is 0.333. The van der Waals surface area contributed by atoms with Crippen LogP contribution in [0.25, 0.3) is 0 Å². The molecule has 2 fully saturated rings. The Kier molecular flexibility index (Phi) is 1.84. The summed E-state index contributed by atoms with van der Waals surface area (Å²) < 4.78 is 0. The van der Waals surface area contributed by atoms with Crippen LogP contribution in [0.5, 0.6) is 0 Å². The van der Waals surface area contributed by atoms with Crippen LogP contribution in [0.1, 0.15) is 39.0 Å². The van der Waals surface area contributed by atoms with Crippen LogP contribution in [0.15, 0.2) is 0 Å². The van der Waals surface area contributed by atoms with Crippen LogP contribution in [-0.4, -0.2) is 11.6 Å². The first kappa shape index (κ1) is 8.07. The number of hydrogen-bond donors (Lipinski definition) is 1. The molecule has 2 heteroatoms. The van der Waals surface area contributed by atoms with E-state index in [4.69, 9.17) is 5.26 Å². The number of nitriles is 1. The molecule has 0 aromatic carbocycles. The van der Waals surface area contributed by atoms with E-state index in [0.29, 0.717) is 12.0 Å². The Hall–Kier alpha value is -0.550. The Balaban J connectivity index is 2.06. The zero-order chi connectivity index (χ0) is 8.60. The van der Waals surface area contributed by atoms with E-state index in [2.05, 4.69) is 18.3 Å². The van der Waals surface area contributed by atoms with Crippen LogP contribution < -0.4 is 5.32 Å². The Labute approximate surface area is 74.0 Å². The lowest BCUT2D eigenvalue weighted by atomic mass is 9.90. The summed E-state index contributed by atoms with van der Waals surface area (Å²) in [5.74, 6) is 0.545. The van der Waals surface area contributed by atoms with E-state index in [-0.39, 0.29) is 5.54 Å². The molecule has 0 aromatic rings. The maximum Gasteiger partial charge on any atom is 0.109 e. The van der Waals surface area contributed by atoms with Gasteiger partial charge in [-0.25, -0.2) is 0 Å². The monoisotopic (exact) mass is 164 g/mol. The minimum absolute atomic E-state index is 0.166.